The fourth-order valence-electron chi connectivity index (χ4n) is 3.92. The van der Waals surface area contributed by atoms with Crippen molar-refractivity contribution < 1.29 is 4.79 Å². The van der Waals surface area contributed by atoms with Gasteiger partial charge in [-0.25, -0.2) is 4.98 Å². The Bertz CT molecular complexity index is 1230. The highest BCUT2D eigenvalue weighted by atomic mass is 16.1. The van der Waals surface area contributed by atoms with Crippen molar-refractivity contribution in [3.8, 4) is 11.4 Å². The highest BCUT2D eigenvalue weighted by Gasteiger charge is 2.18. The van der Waals surface area contributed by atoms with E-state index in [2.05, 4.69) is 30.7 Å². The predicted octanol–water partition coefficient (Wildman–Crippen LogP) is 3.91. The van der Waals surface area contributed by atoms with Gasteiger partial charge in [0.15, 0.2) is 5.82 Å². The molecule has 31 heavy (non-hydrogen) atoms. The molecule has 156 valence electrons. The number of rotatable bonds is 5. The number of hydrogen-bond donors (Lipinski definition) is 2. The van der Waals surface area contributed by atoms with Crippen molar-refractivity contribution >= 4 is 23.2 Å². The molecule has 1 aromatic carbocycles. The molecule has 8 heteroatoms. The first-order valence-corrected chi connectivity index (χ1v) is 10.5. The van der Waals surface area contributed by atoms with Crippen LogP contribution >= 0.6 is 0 Å². The van der Waals surface area contributed by atoms with Crippen LogP contribution in [0.2, 0.25) is 0 Å². The molecule has 0 bridgehead atoms. The van der Waals surface area contributed by atoms with Gasteiger partial charge in [0, 0.05) is 47.0 Å². The Hall–Kier alpha value is -3.81. The molecule has 0 saturated heterocycles. The highest BCUT2D eigenvalue weighted by molar-refractivity contribution is 5.95. The molecule has 1 fully saturated rings. The Balaban J connectivity index is 1.43. The van der Waals surface area contributed by atoms with Gasteiger partial charge in [0.1, 0.15) is 5.82 Å². The molecule has 1 aliphatic carbocycles. The first kappa shape index (κ1) is 19.2. The number of carbonyl (C=O) groups is 1. The summed E-state index contributed by atoms with van der Waals surface area (Å²) in [6.07, 6.45) is 7.92. The summed E-state index contributed by atoms with van der Waals surface area (Å²) in [6.45, 7) is 1.91. The van der Waals surface area contributed by atoms with Gasteiger partial charge in [0.25, 0.3) is 11.7 Å². The second-order valence-electron chi connectivity index (χ2n) is 7.83. The minimum Gasteiger partial charge on any atom is -0.349 e. The second-order valence-corrected chi connectivity index (χ2v) is 7.83. The van der Waals surface area contributed by atoms with Crippen molar-refractivity contribution in [3.05, 3.63) is 66.1 Å². The summed E-state index contributed by atoms with van der Waals surface area (Å²) in [5, 5.41) is 11.1. The third-order valence-electron chi connectivity index (χ3n) is 5.45. The van der Waals surface area contributed by atoms with Crippen LogP contribution in [0.1, 0.15) is 41.7 Å². The standard InChI is InChI=1S/C23H23N7O/c1-15-12-20(30-23(25-15)28-21(29-30)17-7-5-11-24-14-17)26-19-10-4-6-16(13-19)22(31)27-18-8-2-3-9-18/h4-7,10-14,18,26H,2-3,8-9H2,1H3,(H,27,31). The summed E-state index contributed by atoms with van der Waals surface area (Å²) in [5.74, 6) is 1.74. The van der Waals surface area contributed by atoms with E-state index in [0.29, 0.717) is 17.2 Å². The van der Waals surface area contributed by atoms with E-state index < -0.39 is 0 Å². The van der Waals surface area contributed by atoms with Gasteiger partial charge in [-0.05, 0) is 50.1 Å². The van der Waals surface area contributed by atoms with Gasteiger partial charge in [0.05, 0.1) is 0 Å². The van der Waals surface area contributed by atoms with Gasteiger partial charge in [-0.2, -0.15) is 9.50 Å². The van der Waals surface area contributed by atoms with E-state index in [1.165, 1.54) is 12.8 Å². The molecular weight excluding hydrogens is 390 g/mol. The van der Waals surface area contributed by atoms with Crippen LogP contribution < -0.4 is 10.6 Å². The molecule has 0 aliphatic heterocycles. The van der Waals surface area contributed by atoms with Gasteiger partial charge in [-0.1, -0.05) is 18.9 Å². The summed E-state index contributed by atoms with van der Waals surface area (Å²) in [5.41, 5.74) is 3.07. The van der Waals surface area contributed by atoms with Crippen molar-refractivity contribution in [2.75, 3.05) is 5.32 Å². The van der Waals surface area contributed by atoms with Crippen molar-refractivity contribution in [1.29, 1.82) is 0 Å². The summed E-state index contributed by atoms with van der Waals surface area (Å²) in [4.78, 5) is 25.8. The molecule has 0 spiro atoms. The number of aryl methyl sites for hydroxylation is 1. The van der Waals surface area contributed by atoms with E-state index >= 15 is 0 Å². The molecule has 1 amide bonds. The van der Waals surface area contributed by atoms with E-state index in [4.69, 9.17) is 0 Å². The summed E-state index contributed by atoms with van der Waals surface area (Å²) < 4.78 is 1.67. The van der Waals surface area contributed by atoms with Crippen molar-refractivity contribution in [3.63, 3.8) is 0 Å². The van der Waals surface area contributed by atoms with E-state index in [1.807, 2.05) is 49.4 Å². The molecule has 0 radical (unpaired) electrons. The predicted molar refractivity (Wildman–Crippen MR) is 118 cm³/mol. The van der Waals surface area contributed by atoms with Gasteiger partial charge in [0.2, 0.25) is 0 Å². The molecular formula is C23H23N7O. The quantitative estimate of drug-likeness (QED) is 0.515. The number of carbonyl (C=O) groups excluding carboxylic acids is 1. The first-order valence-electron chi connectivity index (χ1n) is 10.5. The average Bonchev–Trinajstić information content (AvgIpc) is 3.44. The van der Waals surface area contributed by atoms with Crippen LogP contribution in [-0.2, 0) is 0 Å². The van der Waals surface area contributed by atoms with Crippen LogP contribution in [0.25, 0.3) is 17.2 Å². The molecule has 3 aromatic heterocycles. The van der Waals surface area contributed by atoms with Gasteiger partial charge >= 0.3 is 0 Å². The zero-order chi connectivity index (χ0) is 21.2. The number of hydrogen-bond acceptors (Lipinski definition) is 6. The third-order valence-corrected chi connectivity index (χ3v) is 5.45. The normalized spacial score (nSPS) is 14.1. The van der Waals surface area contributed by atoms with Gasteiger partial charge in [-0.3, -0.25) is 9.78 Å². The number of benzene rings is 1. The Morgan fingerprint density at radius 2 is 1.97 bits per heavy atom. The lowest BCUT2D eigenvalue weighted by atomic mass is 10.1. The zero-order valence-electron chi connectivity index (χ0n) is 17.2. The van der Waals surface area contributed by atoms with Crippen LogP contribution in [-0.4, -0.2) is 36.5 Å². The maximum absolute atomic E-state index is 12.6. The topological polar surface area (TPSA) is 97.1 Å². The number of nitrogens with one attached hydrogen (secondary N) is 2. The summed E-state index contributed by atoms with van der Waals surface area (Å²) in [7, 11) is 0. The smallest absolute Gasteiger partial charge is 0.254 e. The van der Waals surface area contributed by atoms with Crippen LogP contribution in [0.4, 0.5) is 11.5 Å². The maximum Gasteiger partial charge on any atom is 0.254 e. The lowest BCUT2D eigenvalue weighted by molar-refractivity contribution is 0.0938. The molecule has 2 N–H and O–H groups in total. The van der Waals surface area contributed by atoms with Crippen LogP contribution in [0.15, 0.2) is 54.9 Å². The number of anilines is 2. The summed E-state index contributed by atoms with van der Waals surface area (Å²) >= 11 is 0. The largest absolute Gasteiger partial charge is 0.349 e. The zero-order valence-corrected chi connectivity index (χ0v) is 17.2. The number of aromatic nitrogens is 5. The number of fused-ring (bicyclic) bond motifs is 1. The molecule has 4 aromatic rings. The van der Waals surface area contributed by atoms with Crippen LogP contribution in [0.3, 0.4) is 0 Å². The Kier molecular flexibility index (Phi) is 5.03. The van der Waals surface area contributed by atoms with Crippen LogP contribution in [0, 0.1) is 6.92 Å². The van der Waals surface area contributed by atoms with E-state index in [0.717, 1.165) is 35.6 Å². The Morgan fingerprint density at radius 3 is 2.77 bits per heavy atom. The Morgan fingerprint density at radius 1 is 1.10 bits per heavy atom. The van der Waals surface area contributed by atoms with Gasteiger partial charge < -0.3 is 10.6 Å². The maximum atomic E-state index is 12.6. The molecule has 8 nitrogen and oxygen atoms in total. The highest BCUT2D eigenvalue weighted by Crippen LogP contribution is 2.22. The summed E-state index contributed by atoms with van der Waals surface area (Å²) in [6, 6.07) is 13.4. The molecule has 1 saturated carbocycles. The first-order chi connectivity index (χ1) is 15.2. The SMILES string of the molecule is Cc1cc(Nc2cccc(C(=O)NC3CCCC3)c2)n2nc(-c3cccnc3)nc2n1. The number of pyridine rings is 1. The van der Waals surface area contributed by atoms with Crippen molar-refractivity contribution in [1.82, 2.24) is 29.9 Å². The lowest BCUT2D eigenvalue weighted by Crippen LogP contribution is -2.32. The van der Waals surface area contributed by atoms with Crippen molar-refractivity contribution in [2.24, 2.45) is 0 Å². The minimum atomic E-state index is -0.0359. The van der Waals surface area contributed by atoms with E-state index in [-0.39, 0.29) is 11.9 Å². The second kappa shape index (κ2) is 8.14. The molecule has 0 atom stereocenters. The lowest BCUT2D eigenvalue weighted by Gasteiger charge is -2.13. The van der Waals surface area contributed by atoms with E-state index in [1.54, 1.807) is 16.9 Å². The molecule has 3 heterocycles. The monoisotopic (exact) mass is 413 g/mol. The number of nitrogens with zero attached hydrogens (tertiary/aromatic N) is 5. The minimum absolute atomic E-state index is 0.0359. The van der Waals surface area contributed by atoms with E-state index in [9.17, 15) is 4.79 Å². The molecule has 1 aliphatic rings. The molecule has 5 rings (SSSR count). The Labute approximate surface area is 179 Å². The number of amides is 1. The fraction of sp³-hybridized carbons (Fsp3) is 0.261. The fourth-order valence-corrected chi connectivity index (χ4v) is 3.92. The van der Waals surface area contributed by atoms with Crippen LogP contribution in [0.5, 0.6) is 0 Å². The van der Waals surface area contributed by atoms with Gasteiger partial charge in [-0.15, -0.1) is 5.10 Å². The average molecular weight is 413 g/mol. The van der Waals surface area contributed by atoms with Crippen molar-refractivity contribution in [2.45, 2.75) is 38.6 Å². The molecule has 0 unspecified atom stereocenters. The third kappa shape index (κ3) is 4.09.